The molecule has 11 heteroatoms. The third kappa shape index (κ3) is 10.7. The molecule has 0 amide bonds. The molecular weight excluding hydrogens is 839 g/mol. The summed E-state index contributed by atoms with van der Waals surface area (Å²) in [6, 6.07) is 53.7. The van der Waals surface area contributed by atoms with Crippen LogP contribution in [-0.4, -0.2) is 28.4 Å². The molecule has 1 radical (unpaired) electrons. The summed E-state index contributed by atoms with van der Waals surface area (Å²) in [6.45, 7) is 0. The molecule has 0 saturated carbocycles. The van der Waals surface area contributed by atoms with Crippen molar-refractivity contribution in [1.82, 2.24) is 9.97 Å². The van der Waals surface area contributed by atoms with E-state index in [4.69, 9.17) is 22.9 Å². The van der Waals surface area contributed by atoms with Gasteiger partial charge in [-0.25, -0.2) is 18.4 Å². The van der Waals surface area contributed by atoms with Crippen LogP contribution >= 0.6 is 7.92 Å². The number of rotatable bonds is 5. The number of para-hydroxylation sites is 1. The largest absolute Gasteiger partial charge is 0.741 e. The quantitative estimate of drug-likeness (QED) is 0.0566. The number of alkyl halides is 3. The number of hydrogen-bond donors (Lipinski definition) is 0. The summed E-state index contributed by atoms with van der Waals surface area (Å²) in [5.74, 6) is 0.743. The van der Waals surface area contributed by atoms with Gasteiger partial charge < -0.3 is 4.55 Å². The average molecular weight is 877 g/mol. The predicted molar refractivity (Wildman–Crippen MR) is 219 cm³/mol. The molecule has 6 aromatic carbocycles. The molecule has 0 saturated heterocycles. The van der Waals surface area contributed by atoms with Crippen LogP contribution in [0.2, 0.25) is 0 Å². The number of benzene rings is 6. The standard InChI is InChI=1S/C36H25N2P.C8H12.CHF3O3S.Rh/c1-4-15-27(16-5-1)36-37-32-23-13-12-22-31(32)35(38-36)34-30-21-11-10-14-26(30)24-25-33(34)39(28-17-6-2-7-18-28)29-19-8-3-9-20-29;1-2-4-6-8-7-5-3-1;2-1(3,4)8(5,6)7;/h1-25H;1-2,7-8H,3-6H2;(H,5,6,7);/p-1/b;2-1-,8-7-;;. The second-order valence-corrected chi connectivity index (χ2v) is 16.0. The van der Waals surface area contributed by atoms with Crippen molar-refractivity contribution >= 4 is 55.6 Å². The molecule has 287 valence electrons. The Labute approximate surface area is 339 Å². The van der Waals surface area contributed by atoms with Crippen molar-refractivity contribution in [2.45, 2.75) is 31.2 Å². The van der Waals surface area contributed by atoms with Crippen LogP contribution in [0, 0.1) is 0 Å². The Morgan fingerprint density at radius 1 is 0.554 bits per heavy atom. The van der Waals surface area contributed by atoms with Gasteiger partial charge in [-0.1, -0.05) is 170 Å². The first-order valence-electron chi connectivity index (χ1n) is 17.7. The molecule has 0 unspecified atom stereocenters. The molecule has 5 nitrogen and oxygen atoms in total. The monoisotopic (exact) mass is 876 g/mol. The van der Waals surface area contributed by atoms with E-state index in [2.05, 4.69) is 158 Å². The van der Waals surface area contributed by atoms with Gasteiger partial charge in [-0.15, -0.1) is 0 Å². The summed E-state index contributed by atoms with van der Waals surface area (Å²) in [4.78, 5) is 10.3. The van der Waals surface area contributed by atoms with Gasteiger partial charge >= 0.3 is 5.51 Å². The SMILES string of the molecule is C1=C\CC/C=C\CC/1.O=S(=O)([O-])C(F)(F)F.[Rh].c1ccc(-c2nc(-c3c(P(c4ccccc4)c4ccccc4)ccc4ccccc34)c3ccccc3n2)cc1. The van der Waals surface area contributed by atoms with Crippen LogP contribution in [0.25, 0.3) is 44.3 Å². The van der Waals surface area contributed by atoms with Gasteiger partial charge in [0.15, 0.2) is 15.9 Å². The summed E-state index contributed by atoms with van der Waals surface area (Å²) in [6.07, 6.45) is 14.0. The number of halogens is 3. The van der Waals surface area contributed by atoms with Gasteiger partial charge in [-0.05, 0) is 66.4 Å². The van der Waals surface area contributed by atoms with E-state index < -0.39 is 23.5 Å². The Bertz CT molecular complexity index is 2460. The van der Waals surface area contributed by atoms with Gasteiger partial charge in [0, 0.05) is 36.0 Å². The fourth-order valence-electron chi connectivity index (χ4n) is 6.12. The molecule has 0 aliphatic heterocycles. The average Bonchev–Trinajstić information content (AvgIpc) is 3.18. The molecule has 1 aliphatic rings. The van der Waals surface area contributed by atoms with E-state index in [0.717, 1.165) is 28.0 Å². The minimum Gasteiger partial charge on any atom is -0.741 e. The van der Waals surface area contributed by atoms with E-state index in [0.29, 0.717) is 0 Å². The zero-order chi connectivity index (χ0) is 38.7. The first kappa shape index (κ1) is 42.3. The van der Waals surface area contributed by atoms with Gasteiger partial charge in [0.05, 0.1) is 11.2 Å². The van der Waals surface area contributed by atoms with Crippen molar-refractivity contribution < 1.29 is 45.6 Å². The van der Waals surface area contributed by atoms with E-state index in [1.54, 1.807) is 0 Å². The molecule has 0 bridgehead atoms. The number of nitrogens with zero attached hydrogens (tertiary/aromatic N) is 2. The van der Waals surface area contributed by atoms with Gasteiger partial charge in [0.2, 0.25) is 0 Å². The maximum Gasteiger partial charge on any atom is 0.485 e. The molecular formula is C45H37F3N2O3PRhS-. The van der Waals surface area contributed by atoms with E-state index in [-0.39, 0.29) is 19.5 Å². The minimum atomic E-state index is -6.09. The van der Waals surface area contributed by atoms with Crippen LogP contribution in [0.1, 0.15) is 25.7 Å². The van der Waals surface area contributed by atoms with Crippen molar-refractivity contribution in [2.24, 2.45) is 0 Å². The summed E-state index contributed by atoms with van der Waals surface area (Å²) < 4.78 is 58.9. The van der Waals surface area contributed by atoms with E-state index in [9.17, 15) is 13.2 Å². The molecule has 56 heavy (non-hydrogen) atoms. The Kier molecular flexibility index (Phi) is 15.0. The molecule has 0 N–H and O–H groups in total. The summed E-state index contributed by atoms with van der Waals surface area (Å²) in [7, 11) is -6.93. The Balaban J connectivity index is 0.000000296. The minimum absolute atomic E-state index is 0. The van der Waals surface area contributed by atoms with Crippen molar-refractivity contribution in [2.75, 3.05) is 0 Å². The van der Waals surface area contributed by atoms with Crippen molar-refractivity contribution in [3.8, 4) is 22.6 Å². The fourth-order valence-corrected chi connectivity index (χ4v) is 8.59. The van der Waals surface area contributed by atoms with Crippen LogP contribution in [0.3, 0.4) is 0 Å². The van der Waals surface area contributed by atoms with Crippen LogP contribution in [0.15, 0.2) is 176 Å². The van der Waals surface area contributed by atoms with Gasteiger partial charge in [0.1, 0.15) is 0 Å². The van der Waals surface area contributed by atoms with Crippen molar-refractivity contribution in [1.29, 1.82) is 0 Å². The number of hydrogen-bond acceptors (Lipinski definition) is 5. The zero-order valence-corrected chi connectivity index (χ0v) is 33.4. The van der Waals surface area contributed by atoms with E-state index in [1.807, 2.05) is 18.2 Å². The van der Waals surface area contributed by atoms with Gasteiger partial charge in [-0.2, -0.15) is 13.2 Å². The van der Waals surface area contributed by atoms with E-state index in [1.165, 1.54) is 57.9 Å². The Hall–Kier alpha value is -4.85. The van der Waals surface area contributed by atoms with Crippen molar-refractivity contribution in [3.63, 3.8) is 0 Å². The van der Waals surface area contributed by atoms with Gasteiger partial charge in [-0.3, -0.25) is 0 Å². The number of allylic oxidation sites excluding steroid dienone is 4. The Morgan fingerprint density at radius 3 is 1.52 bits per heavy atom. The Morgan fingerprint density at radius 2 is 1.00 bits per heavy atom. The first-order valence-corrected chi connectivity index (χ1v) is 20.4. The molecule has 7 aromatic rings. The maximum absolute atomic E-state index is 10.7. The molecule has 1 aromatic heterocycles. The molecule has 0 fully saturated rings. The third-order valence-corrected chi connectivity index (χ3v) is 11.7. The topological polar surface area (TPSA) is 83.0 Å². The van der Waals surface area contributed by atoms with E-state index >= 15 is 0 Å². The molecule has 0 spiro atoms. The van der Waals surface area contributed by atoms with Crippen LogP contribution in [-0.2, 0) is 29.6 Å². The number of fused-ring (bicyclic) bond motifs is 2. The number of aromatic nitrogens is 2. The van der Waals surface area contributed by atoms with Crippen LogP contribution in [0.4, 0.5) is 13.2 Å². The van der Waals surface area contributed by atoms with Crippen LogP contribution < -0.4 is 15.9 Å². The smallest absolute Gasteiger partial charge is 0.485 e. The summed E-state index contributed by atoms with van der Waals surface area (Å²) in [5.41, 5.74) is -1.52. The fraction of sp³-hybridized carbons (Fsp3) is 0.111. The summed E-state index contributed by atoms with van der Waals surface area (Å²) >= 11 is 0. The van der Waals surface area contributed by atoms with Crippen LogP contribution in [0.5, 0.6) is 0 Å². The second kappa shape index (κ2) is 19.8. The predicted octanol–water partition coefficient (Wildman–Crippen LogP) is 10.6. The first-order chi connectivity index (χ1) is 26.6. The normalized spacial score (nSPS) is 13.9. The van der Waals surface area contributed by atoms with Crippen molar-refractivity contribution in [3.05, 3.63) is 176 Å². The zero-order valence-electron chi connectivity index (χ0n) is 30.0. The molecule has 8 rings (SSSR count). The molecule has 0 atom stereocenters. The second-order valence-electron chi connectivity index (χ2n) is 12.5. The summed E-state index contributed by atoms with van der Waals surface area (Å²) in [5, 5.41) is 7.40. The van der Waals surface area contributed by atoms with Gasteiger partial charge in [0.25, 0.3) is 0 Å². The molecule has 1 aliphatic carbocycles. The molecule has 1 heterocycles. The third-order valence-electron chi connectivity index (χ3n) is 8.67. The maximum atomic E-state index is 10.7.